The first kappa shape index (κ1) is 23.8. The van der Waals surface area contributed by atoms with Crippen molar-refractivity contribution in [3.63, 3.8) is 0 Å². The number of nitrogens with zero attached hydrogens (tertiary/aromatic N) is 7. The van der Waals surface area contributed by atoms with E-state index in [1.54, 1.807) is 21.4 Å². The molecule has 1 unspecified atom stereocenters. The van der Waals surface area contributed by atoms with Crippen molar-refractivity contribution in [3.8, 4) is 0 Å². The first-order valence-corrected chi connectivity index (χ1v) is 12.2. The maximum absolute atomic E-state index is 13.4. The Morgan fingerprint density at radius 2 is 1.69 bits per heavy atom. The van der Waals surface area contributed by atoms with Crippen molar-refractivity contribution < 1.29 is 14.3 Å². The van der Waals surface area contributed by atoms with Gasteiger partial charge in [0, 0.05) is 31.2 Å². The lowest BCUT2D eigenvalue weighted by atomic mass is 10.0. The topological polar surface area (TPSA) is 96.7 Å². The minimum Gasteiger partial charge on any atom is -0.450 e. The van der Waals surface area contributed by atoms with Crippen LogP contribution in [0.15, 0.2) is 60.7 Å². The van der Waals surface area contributed by atoms with Gasteiger partial charge in [0.15, 0.2) is 0 Å². The predicted octanol–water partition coefficient (Wildman–Crippen LogP) is 3.08. The Morgan fingerprint density at radius 3 is 2.39 bits per heavy atom. The molecule has 3 heterocycles. The van der Waals surface area contributed by atoms with Crippen LogP contribution in [0.25, 0.3) is 5.70 Å². The number of benzene rings is 2. The zero-order valence-electron chi connectivity index (χ0n) is 19.8. The third-order valence-corrected chi connectivity index (χ3v) is 6.57. The van der Waals surface area contributed by atoms with Crippen molar-refractivity contribution in [2.75, 3.05) is 44.2 Å². The Labute approximate surface area is 213 Å². The molecule has 2 aliphatic rings. The fraction of sp³-hybridized carbons (Fsp3) is 0.320. The number of carbonyl (C=O) groups excluding carboxylic acids is 2. The number of aromatic nitrogens is 4. The van der Waals surface area contributed by atoms with Crippen molar-refractivity contribution in [1.29, 1.82) is 0 Å². The molecule has 0 saturated carbocycles. The van der Waals surface area contributed by atoms with Crippen LogP contribution in [-0.2, 0) is 9.53 Å². The zero-order chi connectivity index (χ0) is 25.1. The second-order valence-corrected chi connectivity index (χ2v) is 8.93. The molecule has 1 aromatic heterocycles. The maximum atomic E-state index is 13.4. The van der Waals surface area contributed by atoms with Crippen LogP contribution in [0.4, 0.5) is 10.7 Å². The van der Waals surface area contributed by atoms with E-state index in [0.717, 1.165) is 16.8 Å². The predicted molar refractivity (Wildman–Crippen MR) is 134 cm³/mol. The summed E-state index contributed by atoms with van der Waals surface area (Å²) in [7, 11) is 0. The molecule has 1 saturated heterocycles. The first-order chi connectivity index (χ1) is 17.5. The molecule has 3 aromatic rings. The molecule has 0 spiro atoms. The van der Waals surface area contributed by atoms with Gasteiger partial charge in [-0.3, -0.25) is 9.69 Å². The van der Waals surface area contributed by atoms with Crippen LogP contribution in [0.3, 0.4) is 0 Å². The summed E-state index contributed by atoms with van der Waals surface area (Å²) in [5, 5.41) is 13.1. The highest BCUT2D eigenvalue weighted by molar-refractivity contribution is 6.30. The average molecular weight is 508 g/mol. The van der Waals surface area contributed by atoms with E-state index in [1.807, 2.05) is 59.5 Å². The van der Waals surface area contributed by atoms with E-state index in [1.165, 1.54) is 0 Å². The molecule has 5 rings (SSSR count). The normalized spacial score (nSPS) is 17.4. The Morgan fingerprint density at radius 1 is 1.00 bits per heavy atom. The van der Waals surface area contributed by atoms with Crippen LogP contribution in [-0.4, -0.2) is 81.3 Å². The lowest BCUT2D eigenvalue weighted by Crippen LogP contribution is -2.53. The molecule has 2 aromatic carbocycles. The van der Waals surface area contributed by atoms with E-state index >= 15 is 0 Å². The third-order valence-electron chi connectivity index (χ3n) is 6.32. The van der Waals surface area contributed by atoms with Gasteiger partial charge in [-0.05, 0) is 46.7 Å². The Balaban J connectivity index is 1.42. The van der Waals surface area contributed by atoms with Gasteiger partial charge in [0.1, 0.15) is 12.6 Å². The lowest BCUT2D eigenvalue weighted by Gasteiger charge is -2.37. The minimum absolute atomic E-state index is 0.0633. The summed E-state index contributed by atoms with van der Waals surface area (Å²) < 4.78 is 6.79. The molecule has 0 bridgehead atoms. The lowest BCUT2D eigenvalue weighted by molar-refractivity contribution is -0.131. The van der Waals surface area contributed by atoms with Gasteiger partial charge in [-0.1, -0.05) is 59.2 Å². The average Bonchev–Trinajstić information content (AvgIpc) is 3.40. The van der Waals surface area contributed by atoms with Crippen molar-refractivity contribution in [2.24, 2.45) is 0 Å². The van der Waals surface area contributed by atoms with Gasteiger partial charge in [-0.2, -0.15) is 4.68 Å². The molecular formula is C25H26ClN7O3. The Kier molecular flexibility index (Phi) is 6.86. The summed E-state index contributed by atoms with van der Waals surface area (Å²) in [5.41, 5.74) is 2.77. The monoisotopic (exact) mass is 507 g/mol. The molecule has 186 valence electrons. The van der Waals surface area contributed by atoms with E-state index in [4.69, 9.17) is 16.3 Å². The summed E-state index contributed by atoms with van der Waals surface area (Å²) in [6, 6.07) is 17.2. The molecule has 2 amide bonds. The number of hydrogen-bond acceptors (Lipinski definition) is 7. The first-order valence-electron chi connectivity index (χ1n) is 11.8. The number of carbonyl (C=O) groups is 2. The summed E-state index contributed by atoms with van der Waals surface area (Å²) >= 11 is 6.11. The van der Waals surface area contributed by atoms with E-state index < -0.39 is 0 Å². The van der Waals surface area contributed by atoms with Crippen LogP contribution in [0, 0.1) is 0 Å². The molecule has 0 N–H and O–H groups in total. The quantitative estimate of drug-likeness (QED) is 0.523. The number of allylic oxidation sites excluding steroid dienone is 1. The molecular weight excluding hydrogens is 482 g/mol. The standard InChI is InChI=1S/C25H26ClN7O3/c1-2-36-25(35)31-14-12-30(13-15-31)23(34)17-32-21(18-6-4-3-5-7-18)16-22(33-24(32)27-28-29-33)19-8-10-20(26)11-9-19/h3-11,16,22H,2,12-15,17H2,1H3. The third kappa shape index (κ3) is 4.76. The molecule has 1 atom stereocenters. The van der Waals surface area contributed by atoms with Crippen LogP contribution < -0.4 is 4.90 Å². The SMILES string of the molecule is CCOC(=O)N1CCN(C(=O)CN2C(c3ccccc3)=CC(c3ccc(Cl)cc3)n3nnnc32)CC1. The van der Waals surface area contributed by atoms with E-state index in [9.17, 15) is 9.59 Å². The summed E-state index contributed by atoms with van der Waals surface area (Å²) in [4.78, 5) is 30.7. The fourth-order valence-corrected chi connectivity index (χ4v) is 4.59. The molecule has 0 aliphatic carbocycles. The van der Waals surface area contributed by atoms with Gasteiger partial charge in [0.25, 0.3) is 5.95 Å². The van der Waals surface area contributed by atoms with Gasteiger partial charge >= 0.3 is 6.09 Å². The molecule has 0 radical (unpaired) electrons. The molecule has 11 heteroatoms. The van der Waals surface area contributed by atoms with Crippen LogP contribution in [0.1, 0.15) is 24.1 Å². The molecule has 2 aliphatic heterocycles. The number of anilines is 1. The number of fused-ring (bicyclic) bond motifs is 1. The number of ether oxygens (including phenoxy) is 1. The molecule has 1 fully saturated rings. The zero-order valence-corrected chi connectivity index (χ0v) is 20.6. The van der Waals surface area contributed by atoms with Gasteiger partial charge in [-0.15, -0.1) is 0 Å². The number of amides is 2. The van der Waals surface area contributed by atoms with Crippen molar-refractivity contribution in [3.05, 3.63) is 76.8 Å². The Hall–Kier alpha value is -3.92. The highest BCUT2D eigenvalue weighted by atomic mass is 35.5. The van der Waals surface area contributed by atoms with Crippen molar-refractivity contribution in [2.45, 2.75) is 13.0 Å². The van der Waals surface area contributed by atoms with Crippen molar-refractivity contribution >= 4 is 35.2 Å². The minimum atomic E-state index is -0.345. The maximum Gasteiger partial charge on any atom is 0.409 e. The van der Waals surface area contributed by atoms with Gasteiger partial charge in [-0.25, -0.2) is 4.79 Å². The summed E-state index contributed by atoms with van der Waals surface area (Å²) in [6.07, 6.45) is 1.72. The number of hydrogen-bond donors (Lipinski definition) is 0. The van der Waals surface area contributed by atoms with Crippen LogP contribution in [0.2, 0.25) is 5.02 Å². The van der Waals surface area contributed by atoms with Crippen LogP contribution in [0.5, 0.6) is 0 Å². The van der Waals surface area contributed by atoms with Gasteiger partial charge in [0.2, 0.25) is 5.91 Å². The van der Waals surface area contributed by atoms with Gasteiger partial charge in [0.05, 0.1) is 12.3 Å². The highest BCUT2D eigenvalue weighted by Crippen LogP contribution is 2.36. The second-order valence-electron chi connectivity index (χ2n) is 8.49. The van der Waals surface area contributed by atoms with E-state index in [2.05, 4.69) is 21.6 Å². The largest absolute Gasteiger partial charge is 0.450 e. The number of halogens is 1. The van der Waals surface area contributed by atoms with E-state index in [-0.39, 0.29) is 24.6 Å². The van der Waals surface area contributed by atoms with E-state index in [0.29, 0.717) is 43.8 Å². The second kappa shape index (κ2) is 10.4. The van der Waals surface area contributed by atoms with Crippen LogP contribution >= 0.6 is 11.6 Å². The fourth-order valence-electron chi connectivity index (χ4n) is 4.47. The smallest absolute Gasteiger partial charge is 0.409 e. The van der Waals surface area contributed by atoms with Gasteiger partial charge < -0.3 is 14.5 Å². The van der Waals surface area contributed by atoms with Crippen molar-refractivity contribution in [1.82, 2.24) is 30.0 Å². The molecule has 10 nitrogen and oxygen atoms in total. The number of rotatable bonds is 5. The summed E-state index contributed by atoms with van der Waals surface area (Å²) in [5.74, 6) is 0.412. The highest BCUT2D eigenvalue weighted by Gasteiger charge is 2.34. The Bertz CT molecular complexity index is 1250. The summed E-state index contributed by atoms with van der Waals surface area (Å²) in [6.45, 7) is 3.91. The molecule has 36 heavy (non-hydrogen) atoms. The number of piperazine rings is 1. The number of tetrazole rings is 1.